The molecule has 0 spiro atoms. The highest BCUT2D eigenvalue weighted by Crippen LogP contribution is 2.18. The summed E-state index contributed by atoms with van der Waals surface area (Å²) in [6.07, 6.45) is -0.551. The van der Waals surface area contributed by atoms with Crippen LogP contribution in [0.4, 0.5) is 0 Å². The smallest absolute Gasteiger partial charge is 0.260 e. The molecule has 2 aromatic rings. The van der Waals surface area contributed by atoms with Crippen LogP contribution in [0.5, 0.6) is 11.5 Å². The largest absolute Gasteiger partial charge is 0.491 e. The summed E-state index contributed by atoms with van der Waals surface area (Å²) < 4.78 is 11.4. The molecule has 0 aromatic heterocycles. The van der Waals surface area contributed by atoms with Crippen LogP contribution in [0.2, 0.25) is 0 Å². The average Bonchev–Trinajstić information content (AvgIpc) is 2.51. The molecule has 0 aliphatic rings. The number of carbonyl (C=O) groups is 1. The minimum Gasteiger partial charge on any atom is -0.491 e. The van der Waals surface area contributed by atoms with Crippen molar-refractivity contribution in [3.63, 3.8) is 0 Å². The normalized spacial score (nSPS) is 11.7. The maximum Gasteiger partial charge on any atom is 0.260 e. The molecule has 0 bridgehead atoms. The molecular formula is C20H25NO3. The lowest BCUT2D eigenvalue weighted by Crippen LogP contribution is -2.38. The van der Waals surface area contributed by atoms with Crippen LogP contribution in [0.1, 0.15) is 23.6 Å². The number of benzene rings is 2. The van der Waals surface area contributed by atoms with Crippen LogP contribution in [0.3, 0.4) is 0 Å². The number of nitrogens with one attached hydrogen (secondary N) is 1. The Kier molecular flexibility index (Phi) is 6.24. The molecule has 1 unspecified atom stereocenters. The summed E-state index contributed by atoms with van der Waals surface area (Å²) in [7, 11) is 0. The van der Waals surface area contributed by atoms with E-state index in [0.717, 1.165) is 22.4 Å². The Morgan fingerprint density at radius 3 is 2.42 bits per heavy atom. The highest BCUT2D eigenvalue weighted by molar-refractivity contribution is 5.80. The Morgan fingerprint density at radius 1 is 1.08 bits per heavy atom. The van der Waals surface area contributed by atoms with E-state index in [2.05, 4.69) is 11.4 Å². The van der Waals surface area contributed by atoms with Gasteiger partial charge in [-0.2, -0.15) is 0 Å². The predicted molar refractivity (Wildman–Crippen MR) is 95.7 cm³/mol. The van der Waals surface area contributed by atoms with Gasteiger partial charge >= 0.3 is 0 Å². The lowest BCUT2D eigenvalue weighted by molar-refractivity contribution is -0.127. The number of rotatable bonds is 7. The van der Waals surface area contributed by atoms with E-state index in [4.69, 9.17) is 9.47 Å². The lowest BCUT2D eigenvalue weighted by atomic mass is 10.1. The van der Waals surface area contributed by atoms with Gasteiger partial charge in [-0.05, 0) is 62.6 Å². The van der Waals surface area contributed by atoms with Crippen molar-refractivity contribution in [2.75, 3.05) is 13.2 Å². The van der Waals surface area contributed by atoms with Gasteiger partial charge in [0.05, 0.1) is 6.54 Å². The van der Waals surface area contributed by atoms with E-state index in [9.17, 15) is 4.79 Å². The summed E-state index contributed by atoms with van der Waals surface area (Å²) in [5.74, 6) is 1.40. The Balaban J connectivity index is 1.76. The van der Waals surface area contributed by atoms with Crippen LogP contribution in [0.25, 0.3) is 0 Å². The summed E-state index contributed by atoms with van der Waals surface area (Å²) in [6, 6.07) is 13.7. The fourth-order valence-electron chi connectivity index (χ4n) is 2.46. The quantitative estimate of drug-likeness (QED) is 0.791. The molecule has 0 aliphatic heterocycles. The van der Waals surface area contributed by atoms with Crippen LogP contribution in [-0.4, -0.2) is 25.2 Å². The molecule has 1 N–H and O–H groups in total. The number of hydrogen-bond acceptors (Lipinski definition) is 3. The molecule has 4 nitrogen and oxygen atoms in total. The molecule has 24 heavy (non-hydrogen) atoms. The second kappa shape index (κ2) is 8.39. The number of ether oxygens (including phenoxy) is 2. The fraction of sp³-hybridized carbons (Fsp3) is 0.350. The standard InChI is InChI=1S/C20H25NO3/c1-14-11-15(2)13-18(12-14)24-17(4)20(22)21-9-10-23-19-8-6-5-7-16(19)3/h5-8,11-13,17H,9-10H2,1-4H3,(H,21,22). The zero-order chi connectivity index (χ0) is 17.5. The average molecular weight is 327 g/mol. The van der Waals surface area contributed by atoms with Crippen molar-refractivity contribution in [1.29, 1.82) is 0 Å². The third kappa shape index (κ3) is 5.30. The topological polar surface area (TPSA) is 47.6 Å². The van der Waals surface area contributed by atoms with Gasteiger partial charge < -0.3 is 14.8 Å². The minimum absolute atomic E-state index is 0.150. The van der Waals surface area contributed by atoms with Gasteiger partial charge in [-0.25, -0.2) is 0 Å². The molecule has 0 aliphatic carbocycles. The molecular weight excluding hydrogens is 302 g/mol. The Morgan fingerprint density at radius 2 is 1.75 bits per heavy atom. The van der Waals surface area contributed by atoms with Crippen LogP contribution in [0.15, 0.2) is 42.5 Å². The van der Waals surface area contributed by atoms with Crippen molar-refractivity contribution in [2.24, 2.45) is 0 Å². The maximum atomic E-state index is 12.1. The minimum atomic E-state index is -0.551. The summed E-state index contributed by atoms with van der Waals surface area (Å²) in [5, 5.41) is 2.83. The third-order valence-corrected chi connectivity index (χ3v) is 3.63. The fourth-order valence-corrected chi connectivity index (χ4v) is 2.46. The van der Waals surface area contributed by atoms with Gasteiger partial charge in [0.25, 0.3) is 5.91 Å². The summed E-state index contributed by atoms with van der Waals surface area (Å²) >= 11 is 0. The number of hydrogen-bond donors (Lipinski definition) is 1. The molecule has 2 rings (SSSR count). The molecule has 0 saturated carbocycles. The van der Waals surface area contributed by atoms with Crippen molar-refractivity contribution in [3.05, 3.63) is 59.2 Å². The SMILES string of the molecule is Cc1cc(C)cc(OC(C)C(=O)NCCOc2ccccc2C)c1. The van der Waals surface area contributed by atoms with Gasteiger partial charge in [0.15, 0.2) is 6.10 Å². The second-order valence-corrected chi connectivity index (χ2v) is 5.99. The first-order valence-corrected chi connectivity index (χ1v) is 8.17. The molecule has 1 amide bonds. The van der Waals surface area contributed by atoms with Crippen LogP contribution >= 0.6 is 0 Å². The first-order valence-electron chi connectivity index (χ1n) is 8.17. The predicted octanol–water partition coefficient (Wildman–Crippen LogP) is 3.57. The second-order valence-electron chi connectivity index (χ2n) is 5.99. The van der Waals surface area contributed by atoms with Crippen LogP contribution in [-0.2, 0) is 4.79 Å². The van der Waals surface area contributed by atoms with Gasteiger partial charge in [-0.15, -0.1) is 0 Å². The van der Waals surface area contributed by atoms with E-state index in [1.54, 1.807) is 6.92 Å². The van der Waals surface area contributed by atoms with E-state index < -0.39 is 6.10 Å². The van der Waals surface area contributed by atoms with E-state index in [1.165, 1.54) is 0 Å². The van der Waals surface area contributed by atoms with E-state index in [-0.39, 0.29) is 5.91 Å². The highest BCUT2D eigenvalue weighted by atomic mass is 16.5. The molecule has 4 heteroatoms. The zero-order valence-corrected chi connectivity index (χ0v) is 14.8. The highest BCUT2D eigenvalue weighted by Gasteiger charge is 2.14. The molecule has 0 fully saturated rings. The van der Waals surface area contributed by atoms with Gasteiger partial charge in [0, 0.05) is 0 Å². The van der Waals surface area contributed by atoms with Gasteiger partial charge in [0.1, 0.15) is 18.1 Å². The van der Waals surface area contributed by atoms with Crippen molar-refractivity contribution in [1.82, 2.24) is 5.32 Å². The van der Waals surface area contributed by atoms with Crippen molar-refractivity contribution < 1.29 is 14.3 Å². The molecule has 0 radical (unpaired) electrons. The van der Waals surface area contributed by atoms with E-state index in [0.29, 0.717) is 18.9 Å². The molecule has 0 saturated heterocycles. The molecule has 1 atom stereocenters. The van der Waals surface area contributed by atoms with Gasteiger partial charge in [-0.3, -0.25) is 4.79 Å². The summed E-state index contributed by atoms with van der Waals surface area (Å²) in [5.41, 5.74) is 3.31. The number of amides is 1. The summed E-state index contributed by atoms with van der Waals surface area (Å²) in [6.45, 7) is 8.62. The third-order valence-electron chi connectivity index (χ3n) is 3.63. The van der Waals surface area contributed by atoms with E-state index in [1.807, 2.05) is 57.2 Å². The van der Waals surface area contributed by atoms with Gasteiger partial charge in [-0.1, -0.05) is 24.3 Å². The first-order chi connectivity index (χ1) is 11.5. The number of carbonyl (C=O) groups excluding carboxylic acids is 1. The Labute approximate surface area is 143 Å². The van der Waals surface area contributed by atoms with Crippen LogP contribution < -0.4 is 14.8 Å². The van der Waals surface area contributed by atoms with Gasteiger partial charge in [0.2, 0.25) is 0 Å². The van der Waals surface area contributed by atoms with Crippen LogP contribution in [0, 0.1) is 20.8 Å². The Hall–Kier alpha value is -2.49. The maximum absolute atomic E-state index is 12.1. The Bertz CT molecular complexity index is 677. The lowest BCUT2D eigenvalue weighted by Gasteiger charge is -2.16. The van der Waals surface area contributed by atoms with E-state index >= 15 is 0 Å². The summed E-state index contributed by atoms with van der Waals surface area (Å²) in [4.78, 5) is 12.1. The molecule has 128 valence electrons. The zero-order valence-electron chi connectivity index (χ0n) is 14.8. The molecule has 2 aromatic carbocycles. The number of aryl methyl sites for hydroxylation is 3. The van der Waals surface area contributed by atoms with Crippen molar-refractivity contribution in [2.45, 2.75) is 33.8 Å². The first kappa shape index (κ1) is 17.9. The van der Waals surface area contributed by atoms with Crippen molar-refractivity contribution in [3.8, 4) is 11.5 Å². The monoisotopic (exact) mass is 327 g/mol. The van der Waals surface area contributed by atoms with Crippen molar-refractivity contribution >= 4 is 5.91 Å². The number of para-hydroxylation sites is 1. The molecule has 0 heterocycles.